The maximum atomic E-state index is 5.98. The van der Waals surface area contributed by atoms with Gasteiger partial charge in [-0.05, 0) is 49.6 Å². The lowest BCUT2D eigenvalue weighted by molar-refractivity contribution is 0.496. The summed E-state index contributed by atoms with van der Waals surface area (Å²) in [5, 5.41) is 4.65. The van der Waals surface area contributed by atoms with Crippen LogP contribution in [0, 0.1) is 0 Å². The van der Waals surface area contributed by atoms with Gasteiger partial charge in [0.15, 0.2) is 0 Å². The Balaban J connectivity index is 2.33. The largest absolute Gasteiger partial charge is 0.317 e. The normalized spacial score (nSPS) is 20.6. The number of nitrogens with one attached hydrogen (secondary N) is 1. The van der Waals surface area contributed by atoms with Crippen LogP contribution >= 0.6 is 23.2 Å². The van der Waals surface area contributed by atoms with Gasteiger partial charge in [-0.3, -0.25) is 0 Å². The van der Waals surface area contributed by atoms with E-state index in [0.29, 0.717) is 16.1 Å². The molecule has 76 valence electrons. The van der Waals surface area contributed by atoms with Gasteiger partial charge in [-0.25, -0.2) is 0 Å². The van der Waals surface area contributed by atoms with Crippen molar-refractivity contribution in [2.75, 3.05) is 7.05 Å². The molecule has 0 saturated heterocycles. The molecule has 2 rings (SSSR count). The molecule has 1 atom stereocenters. The van der Waals surface area contributed by atoms with E-state index in [1.54, 1.807) is 0 Å². The summed E-state index contributed by atoms with van der Waals surface area (Å²) in [6, 6.07) is 4.59. The van der Waals surface area contributed by atoms with Crippen LogP contribution in [0.1, 0.15) is 17.5 Å². The molecule has 0 radical (unpaired) electrons. The summed E-state index contributed by atoms with van der Waals surface area (Å²) in [6.07, 6.45) is 3.34. The molecule has 0 heterocycles. The van der Waals surface area contributed by atoms with Crippen LogP contribution < -0.4 is 5.32 Å². The van der Waals surface area contributed by atoms with E-state index < -0.39 is 0 Å². The standard InChI is InChI=1S/C11H13Cl2N/c1-14-9-3-2-7-5-10(12)11(13)6-8(7)4-9/h5-6,9,14H,2-4H2,1H3. The number of aryl methyl sites for hydroxylation is 1. The molecule has 0 spiro atoms. The zero-order valence-corrected chi connectivity index (χ0v) is 9.62. The molecule has 0 aromatic heterocycles. The lowest BCUT2D eigenvalue weighted by atomic mass is 9.88. The molecular weight excluding hydrogens is 217 g/mol. The van der Waals surface area contributed by atoms with Crippen molar-refractivity contribution >= 4 is 23.2 Å². The van der Waals surface area contributed by atoms with Crippen molar-refractivity contribution in [2.24, 2.45) is 0 Å². The van der Waals surface area contributed by atoms with Crippen LogP contribution in [0.15, 0.2) is 12.1 Å². The molecule has 1 aromatic carbocycles. The average molecular weight is 230 g/mol. The van der Waals surface area contributed by atoms with E-state index in [9.17, 15) is 0 Å². The molecule has 1 unspecified atom stereocenters. The van der Waals surface area contributed by atoms with Crippen molar-refractivity contribution in [3.8, 4) is 0 Å². The molecule has 1 aliphatic rings. The Kier molecular flexibility index (Phi) is 3.01. The third-order valence-electron chi connectivity index (χ3n) is 2.88. The van der Waals surface area contributed by atoms with E-state index >= 15 is 0 Å². The van der Waals surface area contributed by atoms with Crippen molar-refractivity contribution in [3.63, 3.8) is 0 Å². The summed E-state index contributed by atoms with van der Waals surface area (Å²) in [5.41, 5.74) is 2.69. The highest BCUT2D eigenvalue weighted by Gasteiger charge is 2.18. The monoisotopic (exact) mass is 229 g/mol. The van der Waals surface area contributed by atoms with E-state index in [1.165, 1.54) is 17.5 Å². The quantitative estimate of drug-likeness (QED) is 0.781. The summed E-state index contributed by atoms with van der Waals surface area (Å²) >= 11 is 12.0. The van der Waals surface area contributed by atoms with Crippen LogP contribution in [-0.4, -0.2) is 13.1 Å². The van der Waals surface area contributed by atoms with Gasteiger partial charge >= 0.3 is 0 Å². The van der Waals surface area contributed by atoms with Crippen LogP contribution in [0.4, 0.5) is 0 Å². The maximum absolute atomic E-state index is 5.98. The smallest absolute Gasteiger partial charge is 0.0595 e. The maximum Gasteiger partial charge on any atom is 0.0595 e. The van der Waals surface area contributed by atoms with Crippen molar-refractivity contribution < 1.29 is 0 Å². The highest BCUT2D eigenvalue weighted by atomic mass is 35.5. The molecule has 1 nitrogen and oxygen atoms in total. The first-order chi connectivity index (χ1) is 6.70. The van der Waals surface area contributed by atoms with Gasteiger partial charge < -0.3 is 5.32 Å². The van der Waals surface area contributed by atoms with Crippen molar-refractivity contribution in [1.29, 1.82) is 0 Å². The van der Waals surface area contributed by atoms with E-state index in [2.05, 4.69) is 5.32 Å². The van der Waals surface area contributed by atoms with Gasteiger partial charge in [0.2, 0.25) is 0 Å². The van der Waals surface area contributed by atoms with Crippen LogP contribution in [0.5, 0.6) is 0 Å². The Morgan fingerprint density at radius 2 is 1.86 bits per heavy atom. The van der Waals surface area contributed by atoms with Gasteiger partial charge in [0.1, 0.15) is 0 Å². The topological polar surface area (TPSA) is 12.0 Å². The van der Waals surface area contributed by atoms with Gasteiger partial charge in [0, 0.05) is 6.04 Å². The fourth-order valence-electron chi connectivity index (χ4n) is 2.00. The van der Waals surface area contributed by atoms with Gasteiger partial charge in [0.25, 0.3) is 0 Å². The van der Waals surface area contributed by atoms with Gasteiger partial charge in [0.05, 0.1) is 10.0 Å². The van der Waals surface area contributed by atoms with E-state index in [4.69, 9.17) is 23.2 Å². The fraction of sp³-hybridized carbons (Fsp3) is 0.455. The molecule has 0 saturated carbocycles. The zero-order valence-electron chi connectivity index (χ0n) is 8.11. The van der Waals surface area contributed by atoms with Crippen molar-refractivity contribution in [1.82, 2.24) is 5.32 Å². The second kappa shape index (κ2) is 4.09. The van der Waals surface area contributed by atoms with Crippen LogP contribution in [0.3, 0.4) is 0 Å². The molecule has 1 aliphatic carbocycles. The minimum Gasteiger partial charge on any atom is -0.317 e. The Bertz CT molecular complexity index is 349. The summed E-state index contributed by atoms with van der Waals surface area (Å²) in [5.74, 6) is 0. The number of benzene rings is 1. The number of rotatable bonds is 1. The zero-order chi connectivity index (χ0) is 10.1. The minimum atomic E-state index is 0.583. The predicted molar refractivity (Wildman–Crippen MR) is 61.3 cm³/mol. The Labute approximate surface area is 94.4 Å². The summed E-state index contributed by atoms with van der Waals surface area (Å²) < 4.78 is 0. The SMILES string of the molecule is CNC1CCc2cc(Cl)c(Cl)cc2C1. The second-order valence-corrected chi connectivity index (χ2v) is 4.58. The van der Waals surface area contributed by atoms with Crippen LogP contribution in [0.2, 0.25) is 10.0 Å². The summed E-state index contributed by atoms with van der Waals surface area (Å²) in [4.78, 5) is 0. The minimum absolute atomic E-state index is 0.583. The second-order valence-electron chi connectivity index (χ2n) is 3.76. The Morgan fingerprint density at radius 1 is 1.21 bits per heavy atom. The molecule has 0 bridgehead atoms. The number of likely N-dealkylation sites (N-methyl/N-ethyl adjacent to an activating group) is 1. The highest BCUT2D eigenvalue weighted by Crippen LogP contribution is 2.30. The third kappa shape index (κ3) is 1.90. The number of hydrogen-bond acceptors (Lipinski definition) is 1. The molecule has 1 aromatic rings. The van der Waals surface area contributed by atoms with Gasteiger partial charge in [-0.2, -0.15) is 0 Å². The van der Waals surface area contributed by atoms with E-state index in [-0.39, 0.29) is 0 Å². The Hall–Kier alpha value is -0.240. The molecular formula is C11H13Cl2N. The van der Waals surface area contributed by atoms with Gasteiger partial charge in [-0.15, -0.1) is 0 Å². The van der Waals surface area contributed by atoms with Crippen LogP contribution in [-0.2, 0) is 12.8 Å². The van der Waals surface area contributed by atoms with Crippen molar-refractivity contribution in [3.05, 3.63) is 33.3 Å². The van der Waals surface area contributed by atoms with Crippen LogP contribution in [0.25, 0.3) is 0 Å². The van der Waals surface area contributed by atoms with E-state index in [0.717, 1.165) is 12.8 Å². The number of halogens is 2. The number of fused-ring (bicyclic) bond motifs is 1. The van der Waals surface area contributed by atoms with Crippen molar-refractivity contribution in [2.45, 2.75) is 25.3 Å². The fourth-order valence-corrected chi connectivity index (χ4v) is 2.37. The lowest BCUT2D eigenvalue weighted by Crippen LogP contribution is -2.31. The first-order valence-corrected chi connectivity index (χ1v) is 5.60. The lowest BCUT2D eigenvalue weighted by Gasteiger charge is -2.24. The molecule has 3 heteroatoms. The summed E-state index contributed by atoms with van der Waals surface area (Å²) in [6.45, 7) is 0. The average Bonchev–Trinajstić information content (AvgIpc) is 2.19. The summed E-state index contributed by atoms with van der Waals surface area (Å²) in [7, 11) is 2.01. The molecule has 0 fully saturated rings. The molecule has 0 amide bonds. The first kappa shape index (κ1) is 10.3. The first-order valence-electron chi connectivity index (χ1n) is 4.84. The molecule has 14 heavy (non-hydrogen) atoms. The predicted octanol–water partition coefficient (Wildman–Crippen LogP) is 3.07. The third-order valence-corrected chi connectivity index (χ3v) is 3.60. The van der Waals surface area contributed by atoms with E-state index in [1.807, 2.05) is 19.2 Å². The molecule has 0 aliphatic heterocycles. The number of hydrogen-bond donors (Lipinski definition) is 1. The Morgan fingerprint density at radius 3 is 2.50 bits per heavy atom. The highest BCUT2D eigenvalue weighted by molar-refractivity contribution is 6.42. The van der Waals surface area contributed by atoms with Gasteiger partial charge in [-0.1, -0.05) is 23.2 Å². The molecule has 1 N–H and O–H groups in total.